The molecule has 0 spiro atoms. The summed E-state index contributed by atoms with van der Waals surface area (Å²) in [7, 11) is 0. The van der Waals surface area contributed by atoms with Gasteiger partial charge < -0.3 is 4.29 Å². The average Bonchev–Trinajstić information content (AvgIpc) is 2.21. The average molecular weight is 219 g/mol. The fourth-order valence-electron chi connectivity index (χ4n) is 1.27. The smallest absolute Gasteiger partial charge is 0.324 e. The Kier molecular flexibility index (Phi) is 10.2. The Morgan fingerprint density at radius 3 is 2.50 bits per heavy atom. The van der Waals surface area contributed by atoms with Crippen molar-refractivity contribution in [2.45, 2.75) is 51.9 Å². The molecule has 0 fully saturated rings. The predicted octanol–water partition coefficient (Wildman–Crippen LogP) is 3.99. The zero-order chi connectivity index (χ0) is 10.6. The van der Waals surface area contributed by atoms with Gasteiger partial charge in [0, 0.05) is 6.42 Å². The van der Waals surface area contributed by atoms with Crippen molar-refractivity contribution in [2.75, 3.05) is 0 Å². The molecule has 0 aliphatic carbocycles. The Bertz CT molecular complexity index is 167. The van der Waals surface area contributed by atoms with E-state index < -0.39 is 0 Å². The van der Waals surface area contributed by atoms with Gasteiger partial charge in [0.1, 0.15) is 11.9 Å². The molecule has 0 saturated heterocycles. The van der Waals surface area contributed by atoms with Gasteiger partial charge in [-0.15, -0.1) is 0 Å². The van der Waals surface area contributed by atoms with Gasteiger partial charge in [-0.25, -0.2) is 0 Å². The van der Waals surface area contributed by atoms with Gasteiger partial charge >= 0.3 is 5.97 Å². The molecule has 0 rings (SSSR count). The Hall–Kier alpha value is -0.500. The largest absolute Gasteiger partial charge is 0.348 e. The molecule has 14 heavy (non-hydrogen) atoms. The molecular formula is C11H19ClO2. The molecule has 0 saturated carbocycles. The van der Waals surface area contributed by atoms with E-state index in [4.69, 9.17) is 11.9 Å². The van der Waals surface area contributed by atoms with Crippen LogP contribution >= 0.6 is 11.9 Å². The minimum Gasteiger partial charge on any atom is -0.348 e. The number of rotatable bonds is 8. The molecule has 0 aliphatic heterocycles. The third kappa shape index (κ3) is 9.59. The molecule has 0 aromatic rings. The van der Waals surface area contributed by atoms with E-state index in [1.165, 1.54) is 25.7 Å². The van der Waals surface area contributed by atoms with Gasteiger partial charge in [-0.1, -0.05) is 31.4 Å². The summed E-state index contributed by atoms with van der Waals surface area (Å²) < 4.78 is 4.03. The van der Waals surface area contributed by atoms with Crippen LogP contribution in [0.25, 0.3) is 0 Å². The standard InChI is InChI=1S/C11H19ClO2/c1-2-3-4-5-6-7-8-9-10-11(13)14-12/h2-3H,4-10H2,1H3. The van der Waals surface area contributed by atoms with Gasteiger partial charge in [-0.05, 0) is 26.2 Å². The molecule has 2 nitrogen and oxygen atoms in total. The Morgan fingerprint density at radius 1 is 1.21 bits per heavy atom. The lowest BCUT2D eigenvalue weighted by Gasteiger charge is -1.98. The zero-order valence-electron chi connectivity index (χ0n) is 8.80. The molecule has 0 amide bonds. The maximum atomic E-state index is 10.6. The first kappa shape index (κ1) is 13.5. The van der Waals surface area contributed by atoms with Gasteiger partial charge in [0.05, 0.1) is 0 Å². The maximum Gasteiger partial charge on any atom is 0.324 e. The summed E-state index contributed by atoms with van der Waals surface area (Å²) in [5.41, 5.74) is 0. The molecule has 0 radical (unpaired) electrons. The third-order valence-electron chi connectivity index (χ3n) is 2.07. The van der Waals surface area contributed by atoms with Crippen LogP contribution in [0, 0.1) is 0 Å². The molecular weight excluding hydrogens is 200 g/mol. The lowest BCUT2D eigenvalue weighted by molar-refractivity contribution is -0.134. The SMILES string of the molecule is CC=CCCCCCCCC(=O)OCl. The number of hydrogen-bond acceptors (Lipinski definition) is 2. The van der Waals surface area contributed by atoms with Crippen LogP contribution < -0.4 is 0 Å². The Balaban J connectivity index is 3.02. The van der Waals surface area contributed by atoms with Crippen molar-refractivity contribution in [2.24, 2.45) is 0 Å². The minimum atomic E-state index is -0.319. The van der Waals surface area contributed by atoms with E-state index in [1.54, 1.807) is 0 Å². The van der Waals surface area contributed by atoms with Gasteiger partial charge in [-0.3, -0.25) is 4.79 Å². The molecule has 0 aromatic carbocycles. The summed E-state index contributed by atoms with van der Waals surface area (Å²) in [6.45, 7) is 2.04. The molecule has 0 N–H and O–H groups in total. The van der Waals surface area contributed by atoms with Crippen LogP contribution in [0.15, 0.2) is 12.2 Å². The van der Waals surface area contributed by atoms with Crippen LogP contribution in [0.5, 0.6) is 0 Å². The van der Waals surface area contributed by atoms with Crippen molar-refractivity contribution in [1.82, 2.24) is 0 Å². The maximum absolute atomic E-state index is 10.6. The van der Waals surface area contributed by atoms with Crippen LogP contribution in [0.1, 0.15) is 51.9 Å². The summed E-state index contributed by atoms with van der Waals surface area (Å²) in [4.78, 5) is 10.6. The first-order valence-corrected chi connectivity index (χ1v) is 5.54. The van der Waals surface area contributed by atoms with Crippen LogP contribution in [0.4, 0.5) is 0 Å². The normalized spacial score (nSPS) is 10.7. The van der Waals surface area contributed by atoms with Crippen molar-refractivity contribution < 1.29 is 9.08 Å². The van der Waals surface area contributed by atoms with E-state index >= 15 is 0 Å². The molecule has 3 heteroatoms. The van der Waals surface area contributed by atoms with E-state index in [9.17, 15) is 4.79 Å². The van der Waals surface area contributed by atoms with Gasteiger partial charge in [-0.2, -0.15) is 0 Å². The van der Waals surface area contributed by atoms with Crippen molar-refractivity contribution in [3.05, 3.63) is 12.2 Å². The molecule has 0 unspecified atom stereocenters. The fourth-order valence-corrected chi connectivity index (χ4v) is 1.34. The number of unbranched alkanes of at least 4 members (excludes halogenated alkanes) is 5. The highest BCUT2D eigenvalue weighted by molar-refractivity contribution is 6.13. The fraction of sp³-hybridized carbons (Fsp3) is 0.727. The molecule has 0 aromatic heterocycles. The Morgan fingerprint density at radius 2 is 1.86 bits per heavy atom. The second-order valence-electron chi connectivity index (χ2n) is 3.32. The lowest BCUT2D eigenvalue weighted by Crippen LogP contribution is -1.95. The first-order chi connectivity index (χ1) is 6.81. The van der Waals surface area contributed by atoms with E-state index in [1.807, 2.05) is 6.92 Å². The first-order valence-electron chi connectivity index (χ1n) is 5.24. The quantitative estimate of drug-likeness (QED) is 0.455. The summed E-state index contributed by atoms with van der Waals surface area (Å²) in [5, 5.41) is 0. The van der Waals surface area contributed by atoms with E-state index in [2.05, 4.69) is 16.4 Å². The highest BCUT2D eigenvalue weighted by Gasteiger charge is 1.99. The second kappa shape index (κ2) is 10.6. The highest BCUT2D eigenvalue weighted by Crippen LogP contribution is 2.08. The van der Waals surface area contributed by atoms with Crippen molar-refractivity contribution >= 4 is 17.8 Å². The van der Waals surface area contributed by atoms with E-state index in [-0.39, 0.29) is 5.97 Å². The van der Waals surface area contributed by atoms with E-state index in [0.29, 0.717) is 6.42 Å². The van der Waals surface area contributed by atoms with Gasteiger partial charge in [0.2, 0.25) is 0 Å². The molecule has 0 aliphatic rings. The summed E-state index contributed by atoms with van der Waals surface area (Å²) in [6.07, 6.45) is 11.5. The Labute approximate surface area is 91.4 Å². The topological polar surface area (TPSA) is 26.3 Å². The molecule has 0 atom stereocenters. The number of carbonyl (C=O) groups excluding carboxylic acids is 1. The predicted molar refractivity (Wildman–Crippen MR) is 59.1 cm³/mol. The van der Waals surface area contributed by atoms with Gasteiger partial charge in [0.25, 0.3) is 0 Å². The lowest BCUT2D eigenvalue weighted by atomic mass is 10.1. The second-order valence-corrected chi connectivity index (χ2v) is 3.48. The van der Waals surface area contributed by atoms with Crippen molar-refractivity contribution in [1.29, 1.82) is 0 Å². The molecule has 0 heterocycles. The molecule has 82 valence electrons. The van der Waals surface area contributed by atoms with Crippen LogP contribution in [0.2, 0.25) is 0 Å². The number of halogens is 1. The summed E-state index contributed by atoms with van der Waals surface area (Å²) in [5.74, 6) is -0.319. The third-order valence-corrected chi connectivity index (χ3v) is 2.25. The van der Waals surface area contributed by atoms with Crippen molar-refractivity contribution in [3.63, 3.8) is 0 Å². The van der Waals surface area contributed by atoms with Crippen LogP contribution in [-0.4, -0.2) is 5.97 Å². The summed E-state index contributed by atoms with van der Waals surface area (Å²) >= 11 is 4.89. The highest BCUT2D eigenvalue weighted by atomic mass is 35.5. The number of allylic oxidation sites excluding steroid dienone is 2. The van der Waals surface area contributed by atoms with Crippen molar-refractivity contribution in [3.8, 4) is 0 Å². The van der Waals surface area contributed by atoms with E-state index in [0.717, 1.165) is 12.8 Å². The summed E-state index contributed by atoms with van der Waals surface area (Å²) in [6, 6.07) is 0. The number of carbonyl (C=O) groups is 1. The monoisotopic (exact) mass is 218 g/mol. The van der Waals surface area contributed by atoms with Crippen LogP contribution in [-0.2, 0) is 9.08 Å². The molecule has 0 bridgehead atoms. The van der Waals surface area contributed by atoms with Gasteiger partial charge in [0.15, 0.2) is 0 Å². The number of hydrogen-bond donors (Lipinski definition) is 0. The zero-order valence-corrected chi connectivity index (χ0v) is 9.55. The van der Waals surface area contributed by atoms with Crippen LogP contribution in [0.3, 0.4) is 0 Å². The minimum absolute atomic E-state index is 0.319.